The highest BCUT2D eigenvalue weighted by atomic mass is 16.5. The van der Waals surface area contributed by atoms with Crippen LogP contribution in [0.15, 0.2) is 10.6 Å². The second kappa shape index (κ2) is 4.79. The molecule has 14 heavy (non-hydrogen) atoms. The Bertz CT molecular complexity index is 304. The summed E-state index contributed by atoms with van der Waals surface area (Å²) in [5.74, 6) is 1.43. The number of carbonyl (C=O) groups is 1. The molecule has 0 spiro atoms. The van der Waals surface area contributed by atoms with Gasteiger partial charge in [-0.1, -0.05) is 13.8 Å². The van der Waals surface area contributed by atoms with E-state index < -0.39 is 0 Å². The van der Waals surface area contributed by atoms with Gasteiger partial charge in [-0.15, -0.1) is 0 Å². The molecule has 0 unspecified atom stereocenters. The van der Waals surface area contributed by atoms with Crippen LogP contribution in [0.5, 0.6) is 0 Å². The second-order valence-corrected chi connectivity index (χ2v) is 3.57. The Morgan fingerprint density at radius 1 is 1.64 bits per heavy atom. The topological polar surface area (TPSA) is 52.3 Å². The lowest BCUT2D eigenvalue weighted by Crippen LogP contribution is -2.03. The standard InChI is InChI=1S/C10H15NO3/c1-7(2)4-9-11-6-8(14-9)5-10(12)13-3/h6-7H,4-5H2,1-3H3. The fraction of sp³-hybridized carbons (Fsp3) is 0.600. The summed E-state index contributed by atoms with van der Waals surface area (Å²) in [6.45, 7) is 4.17. The normalized spacial score (nSPS) is 10.6. The van der Waals surface area contributed by atoms with Crippen molar-refractivity contribution in [3.05, 3.63) is 17.8 Å². The van der Waals surface area contributed by atoms with E-state index in [0.717, 1.165) is 6.42 Å². The number of oxazole rings is 1. The minimum atomic E-state index is -0.308. The lowest BCUT2D eigenvalue weighted by molar-refractivity contribution is -0.140. The summed E-state index contributed by atoms with van der Waals surface area (Å²) < 4.78 is 9.87. The minimum absolute atomic E-state index is 0.154. The number of rotatable bonds is 4. The molecule has 0 aliphatic carbocycles. The number of ether oxygens (including phenoxy) is 1. The average Bonchev–Trinajstić information content (AvgIpc) is 2.51. The van der Waals surface area contributed by atoms with Crippen molar-refractivity contribution in [1.82, 2.24) is 4.98 Å². The van der Waals surface area contributed by atoms with E-state index in [-0.39, 0.29) is 12.4 Å². The van der Waals surface area contributed by atoms with Gasteiger partial charge in [0.25, 0.3) is 0 Å². The first-order chi connectivity index (χ1) is 6.61. The molecule has 0 fully saturated rings. The van der Waals surface area contributed by atoms with E-state index >= 15 is 0 Å². The number of methoxy groups -OCH3 is 1. The highest BCUT2D eigenvalue weighted by Gasteiger charge is 2.09. The summed E-state index contributed by atoms with van der Waals surface area (Å²) in [7, 11) is 1.35. The first kappa shape index (κ1) is 10.8. The smallest absolute Gasteiger partial charge is 0.313 e. The molecule has 78 valence electrons. The van der Waals surface area contributed by atoms with Crippen LogP contribution in [0.1, 0.15) is 25.5 Å². The molecule has 1 rings (SSSR count). The Hall–Kier alpha value is -1.32. The monoisotopic (exact) mass is 197 g/mol. The van der Waals surface area contributed by atoms with E-state index in [9.17, 15) is 4.79 Å². The van der Waals surface area contributed by atoms with E-state index in [0.29, 0.717) is 17.6 Å². The van der Waals surface area contributed by atoms with Gasteiger partial charge in [0.1, 0.15) is 12.2 Å². The lowest BCUT2D eigenvalue weighted by Gasteiger charge is -1.98. The predicted molar refractivity (Wildman–Crippen MR) is 50.8 cm³/mol. The molecule has 0 radical (unpaired) electrons. The van der Waals surface area contributed by atoms with Crippen LogP contribution < -0.4 is 0 Å². The zero-order valence-corrected chi connectivity index (χ0v) is 8.74. The van der Waals surface area contributed by atoms with Crippen LogP contribution in [-0.4, -0.2) is 18.1 Å². The highest BCUT2D eigenvalue weighted by molar-refractivity contribution is 5.71. The summed E-state index contributed by atoms with van der Waals surface area (Å²) in [4.78, 5) is 15.0. The highest BCUT2D eigenvalue weighted by Crippen LogP contribution is 2.09. The number of hydrogen-bond acceptors (Lipinski definition) is 4. The van der Waals surface area contributed by atoms with Gasteiger partial charge in [-0.05, 0) is 5.92 Å². The fourth-order valence-electron chi connectivity index (χ4n) is 1.09. The van der Waals surface area contributed by atoms with Gasteiger partial charge in [-0.3, -0.25) is 4.79 Å². The number of nitrogens with zero attached hydrogens (tertiary/aromatic N) is 1. The quantitative estimate of drug-likeness (QED) is 0.688. The summed E-state index contributed by atoms with van der Waals surface area (Å²) in [6, 6.07) is 0. The van der Waals surface area contributed by atoms with Crippen molar-refractivity contribution in [2.75, 3.05) is 7.11 Å². The Labute approximate surface area is 83.3 Å². The summed E-state index contributed by atoms with van der Waals surface area (Å²) in [5.41, 5.74) is 0. The van der Waals surface area contributed by atoms with Crippen molar-refractivity contribution in [2.24, 2.45) is 5.92 Å². The average molecular weight is 197 g/mol. The Morgan fingerprint density at radius 2 is 2.36 bits per heavy atom. The first-order valence-electron chi connectivity index (χ1n) is 4.62. The largest absolute Gasteiger partial charge is 0.469 e. The fourth-order valence-corrected chi connectivity index (χ4v) is 1.09. The van der Waals surface area contributed by atoms with Gasteiger partial charge in [0, 0.05) is 6.42 Å². The number of carbonyl (C=O) groups excluding carboxylic acids is 1. The molecule has 1 aromatic rings. The molecular weight excluding hydrogens is 182 g/mol. The summed E-state index contributed by atoms with van der Waals surface area (Å²) in [5, 5.41) is 0. The molecule has 0 saturated heterocycles. The predicted octanol–water partition coefficient (Wildman–Crippen LogP) is 1.59. The Kier molecular flexibility index (Phi) is 3.68. The number of aromatic nitrogens is 1. The third kappa shape index (κ3) is 3.20. The summed E-state index contributed by atoms with van der Waals surface area (Å²) in [6.07, 6.45) is 2.53. The Balaban J connectivity index is 2.55. The second-order valence-electron chi connectivity index (χ2n) is 3.57. The van der Waals surface area contributed by atoms with Crippen molar-refractivity contribution in [2.45, 2.75) is 26.7 Å². The van der Waals surface area contributed by atoms with Crippen LogP contribution in [0.3, 0.4) is 0 Å². The van der Waals surface area contributed by atoms with Gasteiger partial charge in [-0.25, -0.2) is 4.98 Å². The van der Waals surface area contributed by atoms with Crippen LogP contribution in [-0.2, 0) is 22.4 Å². The molecule has 0 saturated carbocycles. The molecule has 0 amide bonds. The van der Waals surface area contributed by atoms with Crippen molar-refractivity contribution < 1.29 is 13.9 Å². The van der Waals surface area contributed by atoms with Crippen molar-refractivity contribution in [3.63, 3.8) is 0 Å². The van der Waals surface area contributed by atoms with Gasteiger partial charge < -0.3 is 9.15 Å². The molecule has 0 N–H and O–H groups in total. The molecule has 0 bridgehead atoms. The molecule has 0 atom stereocenters. The van der Waals surface area contributed by atoms with Crippen LogP contribution in [0.4, 0.5) is 0 Å². The van der Waals surface area contributed by atoms with E-state index in [1.807, 2.05) is 0 Å². The SMILES string of the molecule is COC(=O)Cc1cnc(CC(C)C)o1. The van der Waals surface area contributed by atoms with E-state index in [1.54, 1.807) is 6.20 Å². The van der Waals surface area contributed by atoms with Crippen LogP contribution >= 0.6 is 0 Å². The molecule has 1 heterocycles. The van der Waals surface area contributed by atoms with Gasteiger partial charge in [-0.2, -0.15) is 0 Å². The van der Waals surface area contributed by atoms with E-state index in [2.05, 4.69) is 23.6 Å². The van der Waals surface area contributed by atoms with Crippen LogP contribution in [0, 0.1) is 5.92 Å². The molecular formula is C10H15NO3. The van der Waals surface area contributed by atoms with Crippen molar-refractivity contribution in [1.29, 1.82) is 0 Å². The summed E-state index contributed by atoms with van der Waals surface area (Å²) >= 11 is 0. The van der Waals surface area contributed by atoms with Crippen LogP contribution in [0.2, 0.25) is 0 Å². The van der Waals surface area contributed by atoms with Gasteiger partial charge >= 0.3 is 5.97 Å². The number of hydrogen-bond donors (Lipinski definition) is 0. The maximum Gasteiger partial charge on any atom is 0.313 e. The van der Waals surface area contributed by atoms with E-state index in [4.69, 9.17) is 4.42 Å². The van der Waals surface area contributed by atoms with E-state index in [1.165, 1.54) is 7.11 Å². The maximum absolute atomic E-state index is 10.9. The molecule has 4 nitrogen and oxygen atoms in total. The van der Waals surface area contributed by atoms with Crippen molar-refractivity contribution >= 4 is 5.97 Å². The molecule has 4 heteroatoms. The zero-order chi connectivity index (χ0) is 10.6. The van der Waals surface area contributed by atoms with Gasteiger partial charge in [0.05, 0.1) is 13.3 Å². The minimum Gasteiger partial charge on any atom is -0.469 e. The van der Waals surface area contributed by atoms with Crippen molar-refractivity contribution in [3.8, 4) is 0 Å². The Morgan fingerprint density at radius 3 is 2.93 bits per heavy atom. The zero-order valence-electron chi connectivity index (χ0n) is 8.74. The van der Waals surface area contributed by atoms with Gasteiger partial charge in [0.15, 0.2) is 5.89 Å². The molecule has 0 aliphatic rings. The third-order valence-corrected chi connectivity index (χ3v) is 1.73. The third-order valence-electron chi connectivity index (χ3n) is 1.73. The lowest BCUT2D eigenvalue weighted by atomic mass is 10.1. The van der Waals surface area contributed by atoms with Crippen LogP contribution in [0.25, 0.3) is 0 Å². The molecule has 0 aliphatic heterocycles. The molecule has 0 aromatic carbocycles. The molecule has 1 aromatic heterocycles. The maximum atomic E-state index is 10.9. The first-order valence-corrected chi connectivity index (χ1v) is 4.62. The van der Waals surface area contributed by atoms with Gasteiger partial charge in [0.2, 0.25) is 0 Å². The number of esters is 1.